The van der Waals surface area contributed by atoms with Gasteiger partial charge in [-0.05, 0) is 72.1 Å². The number of esters is 2. The summed E-state index contributed by atoms with van der Waals surface area (Å²) >= 11 is 0. The van der Waals surface area contributed by atoms with Crippen LogP contribution in [0, 0.1) is 22.7 Å². The van der Waals surface area contributed by atoms with Crippen LogP contribution < -0.4 is 0 Å². The van der Waals surface area contributed by atoms with Gasteiger partial charge in [0.1, 0.15) is 12.2 Å². The van der Waals surface area contributed by atoms with Crippen molar-refractivity contribution >= 4 is 11.9 Å². The van der Waals surface area contributed by atoms with E-state index >= 15 is 0 Å². The highest BCUT2D eigenvalue weighted by molar-refractivity contribution is 5.80. The van der Waals surface area contributed by atoms with Crippen molar-refractivity contribution in [1.29, 1.82) is 0 Å². The van der Waals surface area contributed by atoms with E-state index < -0.39 is 71.4 Å². The predicted octanol–water partition coefficient (Wildman–Crippen LogP) is 7.14. The molecule has 0 aromatic carbocycles. The first-order valence-corrected chi connectivity index (χ1v) is 13.6. The van der Waals surface area contributed by atoms with Crippen molar-refractivity contribution < 1.29 is 55.6 Å². The van der Waals surface area contributed by atoms with E-state index in [4.69, 9.17) is 9.47 Å². The zero-order chi connectivity index (χ0) is 32.1. The summed E-state index contributed by atoms with van der Waals surface area (Å²) in [5, 5.41) is 19.9. The SMILES string of the molecule is CCC(C)(CC(C)(C)C(=O)OC(CC(C)C)CC(C)(O)C(F)(F)F)C(=O)OC(CC(C)C)CC(C)(O)C(F)(F)F. The van der Waals surface area contributed by atoms with Gasteiger partial charge in [-0.1, -0.05) is 34.6 Å². The molecule has 12 heteroatoms. The highest BCUT2D eigenvalue weighted by atomic mass is 19.4. The Balaban J connectivity index is 5.89. The van der Waals surface area contributed by atoms with Gasteiger partial charge in [0.15, 0.2) is 11.2 Å². The van der Waals surface area contributed by atoms with Crippen molar-refractivity contribution in [2.75, 3.05) is 0 Å². The van der Waals surface area contributed by atoms with E-state index in [0.717, 1.165) is 0 Å². The molecule has 0 heterocycles. The van der Waals surface area contributed by atoms with Crippen LogP contribution in [0.25, 0.3) is 0 Å². The standard InChI is InChI=1S/C28H48F6O6/c1-11-24(8,22(36)40-20(13-18(4)5)15-26(10,38)28(32,33)34)16-23(6,7)21(35)39-19(12-17(2)3)14-25(9,37)27(29,30)31/h17-20,37-38H,11-16H2,1-10H3. The Morgan fingerprint density at radius 2 is 1.00 bits per heavy atom. The number of alkyl halides is 6. The molecule has 238 valence electrons. The van der Waals surface area contributed by atoms with Crippen molar-refractivity contribution in [3.8, 4) is 0 Å². The third kappa shape index (κ3) is 11.4. The topological polar surface area (TPSA) is 93.1 Å². The lowest BCUT2D eigenvalue weighted by Gasteiger charge is -2.37. The molecule has 0 rings (SSSR count). The van der Waals surface area contributed by atoms with Crippen LogP contribution in [0.15, 0.2) is 0 Å². The van der Waals surface area contributed by atoms with Gasteiger partial charge >= 0.3 is 24.3 Å². The molecule has 0 fully saturated rings. The first kappa shape index (κ1) is 38.4. The molecule has 40 heavy (non-hydrogen) atoms. The van der Waals surface area contributed by atoms with Crippen LogP contribution in [0.4, 0.5) is 26.3 Å². The molecular weight excluding hydrogens is 546 g/mol. The highest BCUT2D eigenvalue weighted by Crippen LogP contribution is 2.42. The van der Waals surface area contributed by atoms with Crippen LogP contribution in [-0.4, -0.2) is 57.9 Å². The summed E-state index contributed by atoms with van der Waals surface area (Å²) < 4.78 is 90.8. The summed E-state index contributed by atoms with van der Waals surface area (Å²) in [4.78, 5) is 26.5. The van der Waals surface area contributed by atoms with Gasteiger partial charge in [0.25, 0.3) is 0 Å². The minimum absolute atomic E-state index is 0.0527. The number of aliphatic hydroxyl groups is 2. The van der Waals surface area contributed by atoms with Crippen LogP contribution in [-0.2, 0) is 19.1 Å². The average molecular weight is 595 g/mol. The molecule has 0 saturated carbocycles. The van der Waals surface area contributed by atoms with E-state index in [1.165, 1.54) is 20.8 Å². The molecule has 0 aliphatic heterocycles. The molecule has 0 bridgehead atoms. The molecule has 0 aromatic heterocycles. The third-order valence-electron chi connectivity index (χ3n) is 7.15. The van der Waals surface area contributed by atoms with E-state index in [9.17, 15) is 46.1 Å². The number of ether oxygens (including phenoxy) is 2. The highest BCUT2D eigenvalue weighted by Gasteiger charge is 2.53. The van der Waals surface area contributed by atoms with Crippen LogP contribution in [0.2, 0.25) is 0 Å². The van der Waals surface area contributed by atoms with Gasteiger partial charge in [-0.2, -0.15) is 26.3 Å². The Bertz CT molecular complexity index is 832. The number of rotatable bonds is 15. The maximum absolute atomic E-state index is 13.3. The van der Waals surface area contributed by atoms with Crippen molar-refractivity contribution in [3.63, 3.8) is 0 Å². The summed E-state index contributed by atoms with van der Waals surface area (Å²) in [7, 11) is 0. The molecular formula is C28H48F6O6. The van der Waals surface area contributed by atoms with E-state index in [0.29, 0.717) is 13.8 Å². The summed E-state index contributed by atoms with van der Waals surface area (Å²) in [5.41, 5.74) is -8.97. The second kappa shape index (κ2) is 13.6. The second-order valence-corrected chi connectivity index (χ2v) is 13.2. The van der Waals surface area contributed by atoms with Crippen molar-refractivity contribution in [3.05, 3.63) is 0 Å². The Labute approximate surface area is 234 Å². The van der Waals surface area contributed by atoms with Gasteiger partial charge in [-0.15, -0.1) is 0 Å². The minimum Gasteiger partial charge on any atom is -0.462 e. The number of halogens is 6. The van der Waals surface area contributed by atoms with E-state index in [2.05, 4.69) is 0 Å². The maximum atomic E-state index is 13.3. The van der Waals surface area contributed by atoms with Gasteiger partial charge in [-0.3, -0.25) is 9.59 Å². The van der Waals surface area contributed by atoms with E-state index in [-0.39, 0.29) is 37.5 Å². The third-order valence-corrected chi connectivity index (χ3v) is 7.15. The molecule has 0 amide bonds. The van der Waals surface area contributed by atoms with Crippen LogP contribution in [0.3, 0.4) is 0 Å². The van der Waals surface area contributed by atoms with Crippen molar-refractivity contribution in [2.45, 2.75) is 144 Å². The fourth-order valence-corrected chi connectivity index (χ4v) is 4.51. The van der Waals surface area contributed by atoms with Gasteiger partial charge in [-0.25, -0.2) is 0 Å². The quantitative estimate of drug-likeness (QED) is 0.155. The van der Waals surface area contributed by atoms with Gasteiger partial charge in [0.2, 0.25) is 0 Å². The fourth-order valence-electron chi connectivity index (χ4n) is 4.51. The van der Waals surface area contributed by atoms with Crippen molar-refractivity contribution in [2.24, 2.45) is 22.7 Å². The smallest absolute Gasteiger partial charge is 0.417 e. The molecule has 0 spiro atoms. The number of carbonyl (C=O) groups excluding carboxylic acids is 2. The number of carbonyl (C=O) groups is 2. The zero-order valence-corrected chi connectivity index (χ0v) is 25.3. The maximum Gasteiger partial charge on any atom is 0.417 e. The van der Waals surface area contributed by atoms with Gasteiger partial charge < -0.3 is 19.7 Å². The molecule has 5 unspecified atom stereocenters. The Kier molecular flexibility index (Phi) is 13.1. The van der Waals surface area contributed by atoms with Crippen LogP contribution in [0.1, 0.15) is 108 Å². The molecule has 2 N–H and O–H groups in total. The summed E-state index contributed by atoms with van der Waals surface area (Å²) in [6, 6.07) is 0. The lowest BCUT2D eigenvalue weighted by Crippen LogP contribution is -2.47. The van der Waals surface area contributed by atoms with Gasteiger partial charge in [0.05, 0.1) is 10.8 Å². The van der Waals surface area contributed by atoms with E-state index in [1.807, 2.05) is 0 Å². The lowest BCUT2D eigenvalue weighted by molar-refractivity contribution is -0.263. The molecule has 0 aliphatic carbocycles. The zero-order valence-electron chi connectivity index (χ0n) is 25.3. The van der Waals surface area contributed by atoms with Crippen molar-refractivity contribution in [1.82, 2.24) is 0 Å². The first-order valence-electron chi connectivity index (χ1n) is 13.6. The largest absolute Gasteiger partial charge is 0.462 e. The Morgan fingerprint density at radius 3 is 1.27 bits per heavy atom. The van der Waals surface area contributed by atoms with Crippen LogP contribution in [0.5, 0.6) is 0 Å². The summed E-state index contributed by atoms with van der Waals surface area (Å²) in [5.74, 6) is -2.07. The molecule has 0 radical (unpaired) electrons. The average Bonchev–Trinajstić information content (AvgIpc) is 2.69. The minimum atomic E-state index is -4.95. The van der Waals surface area contributed by atoms with Crippen LogP contribution >= 0.6 is 0 Å². The second-order valence-electron chi connectivity index (χ2n) is 13.2. The van der Waals surface area contributed by atoms with Gasteiger partial charge in [0, 0.05) is 12.8 Å². The Morgan fingerprint density at radius 1 is 0.675 bits per heavy atom. The summed E-state index contributed by atoms with van der Waals surface area (Å²) in [6.45, 7) is 14.1. The first-order chi connectivity index (χ1) is 17.6. The number of hydrogen-bond donors (Lipinski definition) is 2. The monoisotopic (exact) mass is 594 g/mol. The molecule has 6 nitrogen and oxygen atoms in total. The normalized spacial score (nSPS) is 19.4. The lowest BCUT2D eigenvalue weighted by atomic mass is 9.72. The Hall–Kier alpha value is -1.56. The molecule has 0 aromatic rings. The summed E-state index contributed by atoms with van der Waals surface area (Å²) in [6.07, 6.45) is -14.1. The molecule has 0 aliphatic rings. The predicted molar refractivity (Wildman–Crippen MR) is 138 cm³/mol. The molecule has 5 atom stereocenters. The number of hydrogen-bond acceptors (Lipinski definition) is 6. The molecule has 0 saturated heterocycles. The fraction of sp³-hybridized carbons (Fsp3) is 0.929. The van der Waals surface area contributed by atoms with E-state index in [1.54, 1.807) is 34.6 Å².